The van der Waals surface area contributed by atoms with Gasteiger partial charge in [0.15, 0.2) is 0 Å². The highest BCUT2D eigenvalue weighted by Gasteiger charge is 2.30. The highest BCUT2D eigenvalue weighted by Crippen LogP contribution is 2.30. The minimum absolute atomic E-state index is 0.152. The first-order chi connectivity index (χ1) is 13.6. The van der Waals surface area contributed by atoms with Crippen molar-refractivity contribution < 1.29 is 22.8 Å². The lowest BCUT2D eigenvalue weighted by Gasteiger charge is -2.16. The zero-order valence-corrected chi connectivity index (χ0v) is 16.6. The number of rotatable bonds is 7. The minimum Gasteiger partial charge on any atom is -0.346 e. The van der Waals surface area contributed by atoms with Crippen molar-refractivity contribution in [2.75, 3.05) is 18.4 Å². The Morgan fingerprint density at radius 2 is 1.76 bits per heavy atom. The monoisotopic (exact) mass is 427 g/mol. The average Bonchev–Trinajstić information content (AvgIpc) is 2.67. The van der Waals surface area contributed by atoms with E-state index in [2.05, 4.69) is 16.0 Å². The second-order valence-electron chi connectivity index (χ2n) is 6.46. The molecule has 0 spiro atoms. The summed E-state index contributed by atoms with van der Waals surface area (Å²) < 4.78 is 38.4. The van der Waals surface area contributed by atoms with E-state index in [4.69, 9.17) is 11.6 Å². The van der Waals surface area contributed by atoms with E-state index in [1.807, 2.05) is 0 Å². The molecule has 2 aromatic rings. The molecule has 0 radical (unpaired) electrons. The number of hydrogen-bond acceptors (Lipinski definition) is 3. The van der Waals surface area contributed by atoms with Gasteiger partial charge in [-0.3, -0.25) is 9.59 Å². The number of alkyl halides is 3. The van der Waals surface area contributed by atoms with Crippen molar-refractivity contribution in [3.63, 3.8) is 0 Å². The van der Waals surface area contributed by atoms with Gasteiger partial charge in [0, 0.05) is 16.8 Å². The summed E-state index contributed by atoms with van der Waals surface area (Å²) in [4.78, 5) is 23.9. The molecule has 0 aliphatic rings. The van der Waals surface area contributed by atoms with Gasteiger partial charge in [-0.2, -0.15) is 13.2 Å². The normalized spacial score (nSPS) is 12.3. The molecule has 29 heavy (non-hydrogen) atoms. The van der Waals surface area contributed by atoms with E-state index in [0.29, 0.717) is 21.8 Å². The Balaban J connectivity index is 1.81. The van der Waals surface area contributed by atoms with Crippen LogP contribution in [0.5, 0.6) is 0 Å². The zero-order chi connectivity index (χ0) is 21.6. The lowest BCUT2D eigenvalue weighted by atomic mass is 10.0. The number of amides is 2. The van der Waals surface area contributed by atoms with Crippen molar-refractivity contribution in [1.29, 1.82) is 0 Å². The lowest BCUT2D eigenvalue weighted by molar-refractivity contribution is -0.137. The summed E-state index contributed by atoms with van der Waals surface area (Å²) in [6.07, 6.45) is -4.43. The summed E-state index contributed by atoms with van der Waals surface area (Å²) in [7, 11) is 0. The Kier molecular flexibility index (Phi) is 7.64. The predicted molar refractivity (Wildman–Crippen MR) is 106 cm³/mol. The van der Waals surface area contributed by atoms with Crippen LogP contribution >= 0.6 is 11.6 Å². The molecule has 9 heteroatoms. The van der Waals surface area contributed by atoms with E-state index in [1.54, 1.807) is 38.1 Å². The van der Waals surface area contributed by atoms with Gasteiger partial charge in [-0.05, 0) is 49.2 Å². The SMILES string of the molecule is Cc1c(Cl)cccc1NC(=O)CNC(=O)CN[C@H](C)c1cccc(C(F)(F)F)c1. The first-order valence-corrected chi connectivity index (χ1v) is 9.18. The fraction of sp³-hybridized carbons (Fsp3) is 0.300. The fourth-order valence-corrected chi connectivity index (χ4v) is 2.70. The highest BCUT2D eigenvalue weighted by atomic mass is 35.5. The largest absolute Gasteiger partial charge is 0.416 e. The van der Waals surface area contributed by atoms with Crippen LogP contribution in [0.2, 0.25) is 5.02 Å². The molecule has 0 heterocycles. The number of anilines is 1. The van der Waals surface area contributed by atoms with Gasteiger partial charge in [-0.15, -0.1) is 0 Å². The Hall–Kier alpha value is -2.58. The lowest BCUT2D eigenvalue weighted by Crippen LogP contribution is -2.39. The van der Waals surface area contributed by atoms with Gasteiger partial charge in [0.1, 0.15) is 0 Å². The molecular formula is C20H21ClF3N3O2. The maximum Gasteiger partial charge on any atom is 0.416 e. The van der Waals surface area contributed by atoms with Crippen LogP contribution in [-0.2, 0) is 15.8 Å². The maximum atomic E-state index is 12.8. The molecule has 5 nitrogen and oxygen atoms in total. The van der Waals surface area contributed by atoms with E-state index in [9.17, 15) is 22.8 Å². The van der Waals surface area contributed by atoms with Gasteiger partial charge in [-0.25, -0.2) is 0 Å². The van der Waals surface area contributed by atoms with E-state index in [0.717, 1.165) is 12.1 Å². The Bertz CT molecular complexity index is 888. The van der Waals surface area contributed by atoms with Crippen molar-refractivity contribution in [3.8, 4) is 0 Å². The number of hydrogen-bond donors (Lipinski definition) is 3. The Morgan fingerprint density at radius 3 is 2.45 bits per heavy atom. The summed E-state index contributed by atoms with van der Waals surface area (Å²) in [5.41, 5.74) is 0.918. The molecule has 0 unspecified atom stereocenters. The first-order valence-electron chi connectivity index (χ1n) is 8.80. The topological polar surface area (TPSA) is 70.2 Å². The number of benzene rings is 2. The van der Waals surface area contributed by atoms with Crippen LogP contribution in [0, 0.1) is 6.92 Å². The molecule has 2 amide bonds. The summed E-state index contributed by atoms with van der Waals surface area (Å²) in [6.45, 7) is 3.01. The van der Waals surface area contributed by atoms with Crippen LogP contribution in [0.3, 0.4) is 0 Å². The van der Waals surface area contributed by atoms with Gasteiger partial charge in [-0.1, -0.05) is 29.8 Å². The minimum atomic E-state index is -4.43. The second-order valence-corrected chi connectivity index (χ2v) is 6.87. The van der Waals surface area contributed by atoms with Crippen LogP contribution in [0.4, 0.5) is 18.9 Å². The zero-order valence-electron chi connectivity index (χ0n) is 15.9. The molecule has 0 aromatic heterocycles. The molecule has 2 rings (SSSR count). The smallest absolute Gasteiger partial charge is 0.346 e. The quantitative estimate of drug-likeness (QED) is 0.623. The van der Waals surface area contributed by atoms with Crippen LogP contribution in [0.1, 0.15) is 29.7 Å². The molecule has 0 bridgehead atoms. The van der Waals surface area contributed by atoms with Crippen LogP contribution in [0.25, 0.3) is 0 Å². The molecule has 2 aromatic carbocycles. The van der Waals surface area contributed by atoms with Gasteiger partial charge in [0.25, 0.3) is 0 Å². The van der Waals surface area contributed by atoms with Gasteiger partial charge in [0.2, 0.25) is 11.8 Å². The third kappa shape index (κ3) is 6.76. The summed E-state index contributed by atoms with van der Waals surface area (Å²) in [5, 5.41) is 8.46. The first kappa shape index (κ1) is 22.7. The summed E-state index contributed by atoms with van der Waals surface area (Å²) >= 11 is 5.99. The second kappa shape index (κ2) is 9.76. The van der Waals surface area contributed by atoms with E-state index in [1.165, 1.54) is 6.07 Å². The van der Waals surface area contributed by atoms with Crippen molar-refractivity contribution in [2.24, 2.45) is 0 Å². The van der Waals surface area contributed by atoms with Crippen LogP contribution in [-0.4, -0.2) is 24.9 Å². The van der Waals surface area contributed by atoms with Gasteiger partial charge >= 0.3 is 6.18 Å². The van der Waals surface area contributed by atoms with E-state index < -0.39 is 29.6 Å². The molecule has 3 N–H and O–H groups in total. The number of halogens is 4. The van der Waals surface area contributed by atoms with Crippen molar-refractivity contribution >= 4 is 29.1 Å². The predicted octanol–water partition coefficient (Wildman–Crippen LogP) is 4.07. The molecule has 1 atom stereocenters. The third-order valence-electron chi connectivity index (χ3n) is 4.27. The molecule has 0 saturated heterocycles. The number of carbonyl (C=O) groups is 2. The number of nitrogens with one attached hydrogen (secondary N) is 3. The van der Waals surface area contributed by atoms with Crippen molar-refractivity contribution in [2.45, 2.75) is 26.1 Å². The van der Waals surface area contributed by atoms with Crippen LogP contribution in [0.15, 0.2) is 42.5 Å². The summed E-state index contributed by atoms with van der Waals surface area (Å²) in [6, 6.07) is 9.50. The Morgan fingerprint density at radius 1 is 1.07 bits per heavy atom. The van der Waals surface area contributed by atoms with Crippen LogP contribution < -0.4 is 16.0 Å². The van der Waals surface area contributed by atoms with Gasteiger partial charge < -0.3 is 16.0 Å². The molecule has 0 saturated carbocycles. The van der Waals surface area contributed by atoms with Crippen molar-refractivity contribution in [1.82, 2.24) is 10.6 Å². The standard InChI is InChI=1S/C20H21ClF3N3O2/c1-12-16(21)7-4-8-17(12)27-19(29)11-26-18(28)10-25-13(2)14-5-3-6-15(9-14)20(22,23)24/h3-9,13,25H,10-11H2,1-2H3,(H,26,28)(H,27,29)/t13-/m1/s1. The van der Waals surface area contributed by atoms with Gasteiger partial charge in [0.05, 0.1) is 18.7 Å². The molecule has 0 aliphatic heterocycles. The number of carbonyl (C=O) groups excluding carboxylic acids is 2. The fourth-order valence-electron chi connectivity index (χ4n) is 2.53. The molecule has 0 fully saturated rings. The molecular weight excluding hydrogens is 407 g/mol. The maximum absolute atomic E-state index is 12.8. The molecule has 0 aliphatic carbocycles. The Labute approximate surface area is 171 Å². The van der Waals surface area contributed by atoms with E-state index >= 15 is 0 Å². The van der Waals surface area contributed by atoms with E-state index in [-0.39, 0.29) is 13.1 Å². The van der Waals surface area contributed by atoms with Crippen molar-refractivity contribution in [3.05, 3.63) is 64.2 Å². The third-order valence-corrected chi connectivity index (χ3v) is 4.68. The molecule has 156 valence electrons. The average molecular weight is 428 g/mol. The highest BCUT2D eigenvalue weighted by molar-refractivity contribution is 6.31. The summed E-state index contributed by atoms with van der Waals surface area (Å²) in [5.74, 6) is -0.878.